The molecule has 1 aromatic heterocycles. The molecule has 6 nitrogen and oxygen atoms in total. The number of nitro benzene ring substituents is 1. The Kier molecular flexibility index (Phi) is 4.26. The molecule has 24 heavy (non-hydrogen) atoms. The highest BCUT2D eigenvalue weighted by Gasteiger charge is 2.17. The molecular weight excluding hydrogens is 326 g/mol. The van der Waals surface area contributed by atoms with Crippen molar-refractivity contribution in [1.82, 2.24) is 9.88 Å². The number of hydrogen-bond donors (Lipinski definition) is 0. The maximum atomic E-state index is 12.5. The highest BCUT2D eigenvalue weighted by molar-refractivity contribution is 7.18. The average molecular weight is 341 g/mol. The van der Waals surface area contributed by atoms with Crippen LogP contribution in [0.3, 0.4) is 0 Å². The summed E-state index contributed by atoms with van der Waals surface area (Å²) in [6.45, 7) is 2.02. The van der Waals surface area contributed by atoms with Crippen LogP contribution in [0.25, 0.3) is 10.2 Å². The molecule has 0 N–H and O–H groups in total. The van der Waals surface area contributed by atoms with E-state index in [2.05, 4.69) is 4.98 Å². The number of nitro groups is 1. The zero-order chi connectivity index (χ0) is 17.3. The second kappa shape index (κ2) is 6.37. The van der Waals surface area contributed by atoms with Gasteiger partial charge in [0, 0.05) is 24.2 Å². The first-order valence-corrected chi connectivity index (χ1v) is 8.12. The maximum Gasteiger partial charge on any atom is 0.272 e. The van der Waals surface area contributed by atoms with Gasteiger partial charge in [0.1, 0.15) is 5.01 Å². The number of fused-ring (bicyclic) bond motifs is 1. The Labute approximate surface area is 142 Å². The molecule has 0 fully saturated rings. The molecule has 0 atom stereocenters. The van der Waals surface area contributed by atoms with Crippen LogP contribution in [0, 0.1) is 17.0 Å². The lowest BCUT2D eigenvalue weighted by Gasteiger charge is -2.16. The summed E-state index contributed by atoms with van der Waals surface area (Å²) in [6.07, 6.45) is 0. The van der Waals surface area contributed by atoms with Crippen LogP contribution in [-0.2, 0) is 6.54 Å². The third-order valence-electron chi connectivity index (χ3n) is 3.70. The quantitative estimate of drug-likeness (QED) is 0.534. The lowest BCUT2D eigenvalue weighted by Crippen LogP contribution is -2.26. The molecule has 3 rings (SSSR count). The van der Waals surface area contributed by atoms with Gasteiger partial charge in [-0.05, 0) is 31.2 Å². The fourth-order valence-corrected chi connectivity index (χ4v) is 3.50. The van der Waals surface area contributed by atoms with Gasteiger partial charge in [-0.3, -0.25) is 14.9 Å². The van der Waals surface area contributed by atoms with Gasteiger partial charge in [-0.2, -0.15) is 0 Å². The molecule has 0 bridgehead atoms. The SMILES string of the molecule is Cc1cc(C(=O)N(C)Cc2nc3ccccc3s2)ccc1[N+](=O)[O-]. The Bertz CT molecular complexity index is 903. The van der Waals surface area contributed by atoms with Crippen molar-refractivity contribution in [2.75, 3.05) is 7.05 Å². The molecule has 0 aliphatic carbocycles. The molecule has 0 aliphatic rings. The molecular formula is C17H15N3O3S. The van der Waals surface area contributed by atoms with E-state index in [-0.39, 0.29) is 11.6 Å². The molecule has 0 unspecified atom stereocenters. The predicted octanol–water partition coefficient (Wildman–Crippen LogP) is 3.79. The van der Waals surface area contributed by atoms with Crippen LogP contribution in [0.15, 0.2) is 42.5 Å². The third kappa shape index (κ3) is 3.11. The van der Waals surface area contributed by atoms with Crippen LogP contribution in [0.5, 0.6) is 0 Å². The Hall–Kier alpha value is -2.80. The summed E-state index contributed by atoms with van der Waals surface area (Å²) in [7, 11) is 1.70. The number of nitrogens with zero attached hydrogens (tertiary/aromatic N) is 3. The van der Waals surface area contributed by atoms with E-state index in [9.17, 15) is 14.9 Å². The van der Waals surface area contributed by atoms with Gasteiger partial charge in [0.2, 0.25) is 0 Å². The molecule has 7 heteroatoms. The topological polar surface area (TPSA) is 76.3 Å². The molecule has 0 radical (unpaired) electrons. The van der Waals surface area contributed by atoms with Crippen molar-refractivity contribution in [2.45, 2.75) is 13.5 Å². The zero-order valence-electron chi connectivity index (χ0n) is 13.2. The number of thiazole rings is 1. The van der Waals surface area contributed by atoms with Gasteiger partial charge in [-0.25, -0.2) is 4.98 Å². The van der Waals surface area contributed by atoms with Crippen LogP contribution >= 0.6 is 11.3 Å². The standard InChI is InChI=1S/C17H15N3O3S/c1-11-9-12(7-8-14(11)20(22)23)17(21)19(2)10-16-18-13-5-3-4-6-15(13)24-16/h3-9H,10H2,1-2H3. The third-order valence-corrected chi connectivity index (χ3v) is 4.72. The van der Waals surface area contributed by atoms with E-state index < -0.39 is 4.92 Å². The fourth-order valence-electron chi connectivity index (χ4n) is 2.48. The fraction of sp³-hybridized carbons (Fsp3) is 0.176. The monoisotopic (exact) mass is 341 g/mol. The van der Waals surface area contributed by atoms with Crippen molar-refractivity contribution in [3.05, 3.63) is 68.7 Å². The number of amides is 1. The summed E-state index contributed by atoms with van der Waals surface area (Å²) >= 11 is 1.55. The van der Waals surface area contributed by atoms with Crippen molar-refractivity contribution in [3.63, 3.8) is 0 Å². The molecule has 2 aromatic carbocycles. The molecule has 0 saturated heterocycles. The summed E-state index contributed by atoms with van der Waals surface area (Å²) < 4.78 is 1.08. The van der Waals surface area contributed by atoms with Crippen LogP contribution in [0.4, 0.5) is 5.69 Å². The van der Waals surface area contributed by atoms with E-state index in [0.29, 0.717) is 17.7 Å². The first kappa shape index (κ1) is 16.1. The predicted molar refractivity (Wildman–Crippen MR) is 93.3 cm³/mol. The van der Waals surface area contributed by atoms with Gasteiger partial charge in [0.25, 0.3) is 11.6 Å². The van der Waals surface area contributed by atoms with Crippen molar-refractivity contribution in [1.29, 1.82) is 0 Å². The van der Waals surface area contributed by atoms with Gasteiger partial charge in [0.15, 0.2) is 0 Å². The second-order valence-corrected chi connectivity index (χ2v) is 6.61. The summed E-state index contributed by atoms with van der Waals surface area (Å²) in [5, 5.41) is 11.7. The number of aryl methyl sites for hydroxylation is 1. The largest absolute Gasteiger partial charge is 0.335 e. The van der Waals surface area contributed by atoms with Gasteiger partial charge in [-0.15, -0.1) is 11.3 Å². The Morgan fingerprint density at radius 3 is 2.71 bits per heavy atom. The van der Waals surface area contributed by atoms with Crippen LogP contribution < -0.4 is 0 Å². The number of carbonyl (C=O) groups is 1. The van der Waals surface area contributed by atoms with Crippen LogP contribution in [-0.4, -0.2) is 27.8 Å². The van der Waals surface area contributed by atoms with E-state index >= 15 is 0 Å². The molecule has 0 saturated carbocycles. The lowest BCUT2D eigenvalue weighted by atomic mass is 10.1. The number of para-hydroxylation sites is 1. The van der Waals surface area contributed by atoms with Crippen molar-refractivity contribution >= 4 is 33.1 Å². The van der Waals surface area contributed by atoms with E-state index in [0.717, 1.165) is 15.2 Å². The van der Waals surface area contributed by atoms with Crippen molar-refractivity contribution in [2.24, 2.45) is 0 Å². The first-order valence-electron chi connectivity index (χ1n) is 7.30. The minimum absolute atomic E-state index is 0.0142. The zero-order valence-corrected chi connectivity index (χ0v) is 14.0. The van der Waals surface area contributed by atoms with E-state index in [1.165, 1.54) is 12.1 Å². The Morgan fingerprint density at radius 1 is 1.29 bits per heavy atom. The molecule has 122 valence electrons. The second-order valence-electron chi connectivity index (χ2n) is 5.49. The summed E-state index contributed by atoms with van der Waals surface area (Å²) in [4.78, 5) is 29.0. The minimum Gasteiger partial charge on any atom is -0.335 e. The van der Waals surface area contributed by atoms with Crippen molar-refractivity contribution in [3.8, 4) is 0 Å². The van der Waals surface area contributed by atoms with Crippen molar-refractivity contribution < 1.29 is 9.72 Å². The van der Waals surface area contributed by atoms with E-state index in [1.807, 2.05) is 24.3 Å². The Morgan fingerprint density at radius 2 is 2.04 bits per heavy atom. The lowest BCUT2D eigenvalue weighted by molar-refractivity contribution is -0.385. The van der Waals surface area contributed by atoms with E-state index in [4.69, 9.17) is 0 Å². The van der Waals surface area contributed by atoms with Gasteiger partial charge >= 0.3 is 0 Å². The summed E-state index contributed by atoms with van der Waals surface area (Å²) in [6, 6.07) is 12.2. The van der Waals surface area contributed by atoms with Gasteiger partial charge in [0.05, 0.1) is 21.7 Å². The molecule has 0 aliphatic heterocycles. The van der Waals surface area contributed by atoms with Gasteiger partial charge < -0.3 is 4.90 Å². The molecule has 1 heterocycles. The maximum absolute atomic E-state index is 12.5. The number of rotatable bonds is 4. The number of hydrogen-bond acceptors (Lipinski definition) is 5. The smallest absolute Gasteiger partial charge is 0.272 e. The molecule has 3 aromatic rings. The highest BCUT2D eigenvalue weighted by Crippen LogP contribution is 2.23. The first-order chi connectivity index (χ1) is 11.5. The van der Waals surface area contributed by atoms with Gasteiger partial charge in [-0.1, -0.05) is 12.1 Å². The van der Waals surface area contributed by atoms with E-state index in [1.54, 1.807) is 36.3 Å². The molecule has 1 amide bonds. The molecule has 0 spiro atoms. The number of aromatic nitrogens is 1. The average Bonchev–Trinajstić information content (AvgIpc) is 2.95. The summed E-state index contributed by atoms with van der Waals surface area (Å²) in [5.41, 5.74) is 1.84. The normalized spacial score (nSPS) is 10.8. The summed E-state index contributed by atoms with van der Waals surface area (Å²) in [5.74, 6) is -0.188. The van der Waals surface area contributed by atoms with Crippen LogP contribution in [0.2, 0.25) is 0 Å². The number of benzene rings is 2. The highest BCUT2D eigenvalue weighted by atomic mass is 32.1. The Balaban J connectivity index is 1.79. The number of carbonyl (C=O) groups excluding carboxylic acids is 1. The van der Waals surface area contributed by atoms with Crippen LogP contribution in [0.1, 0.15) is 20.9 Å². The minimum atomic E-state index is -0.450.